The summed E-state index contributed by atoms with van der Waals surface area (Å²) in [4.78, 5) is 23.0. The molecule has 0 spiro atoms. The molecule has 1 amide bonds. The first-order valence-corrected chi connectivity index (χ1v) is 6.76. The van der Waals surface area contributed by atoms with Crippen LogP contribution in [0, 0.1) is 9.49 Å². The van der Waals surface area contributed by atoms with Gasteiger partial charge in [0.1, 0.15) is 0 Å². The zero-order valence-corrected chi connectivity index (χ0v) is 12.6. The highest BCUT2D eigenvalue weighted by molar-refractivity contribution is 14.1. The second-order valence-corrected chi connectivity index (χ2v) is 5.53. The van der Waals surface area contributed by atoms with Crippen molar-refractivity contribution in [1.29, 1.82) is 0 Å². The predicted octanol–water partition coefficient (Wildman–Crippen LogP) is 2.22. The van der Waals surface area contributed by atoms with Gasteiger partial charge in [-0.25, -0.2) is 4.79 Å². The van der Waals surface area contributed by atoms with Crippen molar-refractivity contribution < 1.29 is 14.3 Å². The minimum absolute atomic E-state index is 0.239. The second-order valence-electron chi connectivity index (χ2n) is 4.28. The van der Waals surface area contributed by atoms with E-state index in [4.69, 9.17) is 4.74 Å². The van der Waals surface area contributed by atoms with Crippen LogP contribution in [0.2, 0.25) is 0 Å². The highest BCUT2D eigenvalue weighted by Gasteiger charge is 2.10. The maximum atomic E-state index is 11.6. The molecule has 0 aromatic heterocycles. The standard InChI is InChI=1S/C13H16INO3/c1-9(2)7-15-12(16)8-18-13(17)10-4-3-5-11(14)6-10/h3-6,9H,7-8H2,1-2H3,(H,15,16). The normalized spacial score (nSPS) is 10.2. The number of hydrogen-bond donors (Lipinski definition) is 1. The number of hydrogen-bond acceptors (Lipinski definition) is 3. The number of halogens is 1. The molecule has 0 aliphatic heterocycles. The van der Waals surface area contributed by atoms with Crippen LogP contribution >= 0.6 is 22.6 Å². The third-order valence-corrected chi connectivity index (χ3v) is 2.77. The SMILES string of the molecule is CC(C)CNC(=O)COC(=O)c1cccc(I)c1. The molecule has 0 unspecified atom stereocenters. The van der Waals surface area contributed by atoms with E-state index in [1.165, 1.54) is 0 Å². The fourth-order valence-corrected chi connectivity index (χ4v) is 1.74. The molecule has 0 heterocycles. The average molecular weight is 361 g/mol. The average Bonchev–Trinajstić information content (AvgIpc) is 2.33. The summed E-state index contributed by atoms with van der Waals surface area (Å²) in [6.07, 6.45) is 0. The molecule has 0 saturated carbocycles. The summed E-state index contributed by atoms with van der Waals surface area (Å²) in [6.45, 7) is 4.34. The summed E-state index contributed by atoms with van der Waals surface area (Å²) in [5, 5.41) is 2.68. The maximum absolute atomic E-state index is 11.6. The lowest BCUT2D eigenvalue weighted by Crippen LogP contribution is -2.31. The van der Waals surface area contributed by atoms with Crippen LogP contribution in [-0.4, -0.2) is 25.0 Å². The number of carbonyl (C=O) groups is 2. The number of ether oxygens (including phenoxy) is 1. The first kappa shape index (κ1) is 14.9. The van der Waals surface area contributed by atoms with Crippen molar-refractivity contribution in [1.82, 2.24) is 5.32 Å². The van der Waals surface area contributed by atoms with Gasteiger partial charge in [-0.3, -0.25) is 4.79 Å². The summed E-state index contributed by atoms with van der Waals surface area (Å²) < 4.78 is 5.87. The third-order valence-electron chi connectivity index (χ3n) is 2.10. The van der Waals surface area contributed by atoms with E-state index < -0.39 is 5.97 Å². The summed E-state index contributed by atoms with van der Waals surface area (Å²) in [6, 6.07) is 7.04. The zero-order chi connectivity index (χ0) is 13.5. The third kappa shape index (κ3) is 5.48. The van der Waals surface area contributed by atoms with Crippen LogP contribution in [0.25, 0.3) is 0 Å². The first-order valence-electron chi connectivity index (χ1n) is 5.68. The number of carbonyl (C=O) groups excluding carboxylic acids is 2. The van der Waals surface area contributed by atoms with Crippen LogP contribution in [0.4, 0.5) is 0 Å². The Bertz CT molecular complexity index is 432. The van der Waals surface area contributed by atoms with E-state index in [2.05, 4.69) is 27.9 Å². The Kier molecular flexibility index (Phi) is 6.11. The van der Waals surface area contributed by atoms with Gasteiger partial charge in [0.15, 0.2) is 6.61 Å². The lowest BCUT2D eigenvalue weighted by molar-refractivity contribution is -0.124. The van der Waals surface area contributed by atoms with Crippen molar-refractivity contribution in [3.63, 3.8) is 0 Å². The minimum atomic E-state index is -0.479. The Morgan fingerprint density at radius 3 is 2.72 bits per heavy atom. The van der Waals surface area contributed by atoms with Gasteiger partial charge in [0.2, 0.25) is 0 Å². The first-order chi connectivity index (χ1) is 8.49. The molecular formula is C13H16INO3. The molecule has 98 valence electrons. The van der Waals surface area contributed by atoms with Gasteiger partial charge in [0.25, 0.3) is 5.91 Å². The van der Waals surface area contributed by atoms with Crippen molar-refractivity contribution in [2.75, 3.05) is 13.2 Å². The van der Waals surface area contributed by atoms with E-state index in [1.54, 1.807) is 18.2 Å². The van der Waals surface area contributed by atoms with E-state index in [1.807, 2.05) is 19.9 Å². The number of amides is 1. The van der Waals surface area contributed by atoms with Crippen molar-refractivity contribution >= 4 is 34.5 Å². The van der Waals surface area contributed by atoms with Gasteiger partial charge < -0.3 is 10.1 Å². The quantitative estimate of drug-likeness (QED) is 0.647. The number of nitrogens with one attached hydrogen (secondary N) is 1. The van der Waals surface area contributed by atoms with Crippen LogP contribution < -0.4 is 5.32 Å². The Balaban J connectivity index is 2.39. The lowest BCUT2D eigenvalue weighted by Gasteiger charge is -2.08. The molecule has 4 nitrogen and oxygen atoms in total. The zero-order valence-electron chi connectivity index (χ0n) is 10.4. The van der Waals surface area contributed by atoms with E-state index in [0.29, 0.717) is 18.0 Å². The second kappa shape index (κ2) is 7.35. The largest absolute Gasteiger partial charge is 0.452 e. The molecule has 0 fully saturated rings. The fraction of sp³-hybridized carbons (Fsp3) is 0.385. The smallest absolute Gasteiger partial charge is 0.338 e. The fourth-order valence-electron chi connectivity index (χ4n) is 1.20. The summed E-state index contributed by atoms with van der Waals surface area (Å²) in [5.41, 5.74) is 0.457. The number of rotatable bonds is 5. The molecule has 1 aromatic carbocycles. The molecule has 0 radical (unpaired) electrons. The van der Waals surface area contributed by atoms with Crippen molar-refractivity contribution in [3.8, 4) is 0 Å². The van der Waals surface area contributed by atoms with E-state index in [9.17, 15) is 9.59 Å². The predicted molar refractivity (Wildman–Crippen MR) is 77.3 cm³/mol. The topological polar surface area (TPSA) is 55.4 Å². The molecule has 1 rings (SSSR count). The van der Waals surface area contributed by atoms with E-state index in [-0.39, 0.29) is 12.5 Å². The minimum Gasteiger partial charge on any atom is -0.452 e. The summed E-state index contributed by atoms with van der Waals surface area (Å²) in [7, 11) is 0. The summed E-state index contributed by atoms with van der Waals surface area (Å²) >= 11 is 2.11. The van der Waals surface area contributed by atoms with Crippen molar-refractivity contribution in [2.45, 2.75) is 13.8 Å². The van der Waals surface area contributed by atoms with Gasteiger partial charge in [0, 0.05) is 10.1 Å². The maximum Gasteiger partial charge on any atom is 0.338 e. The van der Waals surface area contributed by atoms with Crippen LogP contribution in [-0.2, 0) is 9.53 Å². The van der Waals surface area contributed by atoms with Gasteiger partial charge in [-0.1, -0.05) is 19.9 Å². The monoisotopic (exact) mass is 361 g/mol. The van der Waals surface area contributed by atoms with Gasteiger partial charge in [-0.2, -0.15) is 0 Å². The highest BCUT2D eigenvalue weighted by Crippen LogP contribution is 2.08. The molecule has 0 aliphatic rings. The Labute approximate surface area is 120 Å². The number of esters is 1. The van der Waals surface area contributed by atoms with Gasteiger partial charge in [-0.15, -0.1) is 0 Å². The molecule has 1 N–H and O–H groups in total. The Morgan fingerprint density at radius 2 is 2.11 bits per heavy atom. The molecule has 5 heteroatoms. The molecule has 18 heavy (non-hydrogen) atoms. The van der Waals surface area contributed by atoms with Gasteiger partial charge in [0.05, 0.1) is 5.56 Å². The molecule has 0 bridgehead atoms. The lowest BCUT2D eigenvalue weighted by atomic mass is 10.2. The van der Waals surface area contributed by atoms with Crippen molar-refractivity contribution in [3.05, 3.63) is 33.4 Å². The van der Waals surface area contributed by atoms with Gasteiger partial charge in [-0.05, 0) is 46.7 Å². The van der Waals surface area contributed by atoms with Crippen LogP contribution in [0.5, 0.6) is 0 Å². The Morgan fingerprint density at radius 1 is 1.39 bits per heavy atom. The molecule has 0 saturated heterocycles. The molecule has 0 atom stereocenters. The van der Waals surface area contributed by atoms with Crippen LogP contribution in [0.1, 0.15) is 24.2 Å². The van der Waals surface area contributed by atoms with E-state index >= 15 is 0 Å². The van der Waals surface area contributed by atoms with Gasteiger partial charge >= 0.3 is 5.97 Å². The van der Waals surface area contributed by atoms with Crippen LogP contribution in [0.3, 0.4) is 0 Å². The van der Waals surface area contributed by atoms with Crippen molar-refractivity contribution in [2.24, 2.45) is 5.92 Å². The molecule has 0 aliphatic carbocycles. The summed E-state index contributed by atoms with van der Waals surface area (Å²) in [5.74, 6) is -0.378. The number of benzene rings is 1. The van der Waals surface area contributed by atoms with Crippen LogP contribution in [0.15, 0.2) is 24.3 Å². The highest BCUT2D eigenvalue weighted by atomic mass is 127. The molecular weight excluding hydrogens is 345 g/mol. The van der Waals surface area contributed by atoms with E-state index in [0.717, 1.165) is 3.57 Å². The molecule has 1 aromatic rings. The Hall–Kier alpha value is -1.11.